The molecule has 6 atom stereocenters. The number of amides is 3. The summed E-state index contributed by atoms with van der Waals surface area (Å²) in [6.07, 6.45) is 5.08. The van der Waals surface area contributed by atoms with Crippen LogP contribution in [0.15, 0.2) is 72.1 Å². The summed E-state index contributed by atoms with van der Waals surface area (Å²) in [6.45, 7) is -0.569. The van der Waals surface area contributed by atoms with Crippen molar-refractivity contribution in [1.82, 2.24) is 10.0 Å². The first-order chi connectivity index (χ1) is 20.2. The largest absolute Gasteiger partial charge is 0.422 e. The Balaban J connectivity index is 1.17. The number of ketones is 1. The van der Waals surface area contributed by atoms with E-state index < -0.39 is 47.9 Å². The van der Waals surface area contributed by atoms with Crippen molar-refractivity contribution < 1.29 is 28.7 Å². The summed E-state index contributed by atoms with van der Waals surface area (Å²) in [5.74, 6) is -2.88. The molecule has 4 aliphatic carbocycles. The normalized spacial score (nSPS) is 26.6. The van der Waals surface area contributed by atoms with Gasteiger partial charge in [0.2, 0.25) is 0 Å². The fourth-order valence-electron chi connectivity index (χ4n) is 6.68. The van der Waals surface area contributed by atoms with Crippen molar-refractivity contribution in [2.24, 2.45) is 35.5 Å². The van der Waals surface area contributed by atoms with Crippen molar-refractivity contribution in [1.29, 1.82) is 0 Å². The molecule has 2 saturated carbocycles. The number of nitrogens with zero attached hydrogens (tertiary/aromatic N) is 2. The molecule has 0 N–H and O–H groups in total. The molecule has 0 radical (unpaired) electrons. The summed E-state index contributed by atoms with van der Waals surface area (Å²) in [7, 11) is 0. The van der Waals surface area contributed by atoms with Crippen LogP contribution in [-0.2, 0) is 9.59 Å². The molecule has 3 amide bonds. The Morgan fingerprint density at radius 2 is 1.52 bits per heavy atom. The highest BCUT2D eigenvalue weighted by molar-refractivity contribution is 7.12. The first-order valence-electron chi connectivity index (χ1n) is 13.4. The van der Waals surface area contributed by atoms with Gasteiger partial charge in [-0.25, -0.2) is 9.80 Å². The second kappa shape index (κ2) is 10.2. The van der Waals surface area contributed by atoms with Crippen LogP contribution in [0.25, 0.3) is 0 Å². The van der Waals surface area contributed by atoms with Crippen LogP contribution in [0, 0.1) is 35.5 Å². The van der Waals surface area contributed by atoms with Gasteiger partial charge >= 0.3 is 5.97 Å². The Hall–Kier alpha value is -3.79. The van der Waals surface area contributed by atoms with Crippen molar-refractivity contribution >= 4 is 64.0 Å². The van der Waals surface area contributed by atoms with Gasteiger partial charge in [0.1, 0.15) is 17.2 Å². The maximum Gasteiger partial charge on any atom is 0.353 e. The molecule has 3 aromatic rings. The van der Waals surface area contributed by atoms with Gasteiger partial charge in [0.15, 0.2) is 5.78 Å². The summed E-state index contributed by atoms with van der Waals surface area (Å²) in [5, 5.41) is 3.93. The van der Waals surface area contributed by atoms with E-state index in [1.165, 1.54) is 53.8 Å². The zero-order valence-corrected chi connectivity index (χ0v) is 24.1. The number of carbonyl (C=O) groups is 5. The van der Waals surface area contributed by atoms with Crippen LogP contribution < -0.4 is 4.74 Å². The van der Waals surface area contributed by atoms with E-state index in [1.807, 2.05) is 12.2 Å². The minimum Gasteiger partial charge on any atom is -0.422 e. The number of imide groups is 1. The van der Waals surface area contributed by atoms with Crippen molar-refractivity contribution in [3.05, 3.63) is 98.2 Å². The minimum absolute atomic E-state index is 0.0477. The Bertz CT molecular complexity index is 1650. The molecule has 2 bridgehead atoms. The van der Waals surface area contributed by atoms with E-state index >= 15 is 0 Å². The summed E-state index contributed by atoms with van der Waals surface area (Å²) in [4.78, 5) is 67.7. The molecule has 0 spiro atoms. The van der Waals surface area contributed by atoms with Crippen LogP contribution in [-0.4, -0.2) is 46.0 Å². The standard InChI is InChI=1S/C31H22Cl2N2O6S/c32-22-10-5-16(12-23(22)33)28(37)34(35-29(38)26-18-8-9-19(21-13-20(18)21)27(26)30(35)39)14-24(36)15-3-6-17(7-4-15)41-31(40)25-2-1-11-42-25/h1-12,18-21,26-27H,13-14H2/t18-,19-,20-,21-,26-,27+/m0/s1. The lowest BCUT2D eigenvalue weighted by atomic mass is 9.63. The quantitative estimate of drug-likeness (QED) is 0.113. The number of hydrazine groups is 1. The molecular formula is C31H22Cl2N2O6S. The highest BCUT2D eigenvalue weighted by Crippen LogP contribution is 2.65. The van der Waals surface area contributed by atoms with Crippen LogP contribution in [0.1, 0.15) is 36.8 Å². The lowest BCUT2D eigenvalue weighted by Gasteiger charge is -2.37. The molecule has 2 heterocycles. The summed E-state index contributed by atoms with van der Waals surface area (Å²) in [6, 6.07) is 13.5. The molecule has 2 aromatic carbocycles. The monoisotopic (exact) mass is 620 g/mol. The smallest absolute Gasteiger partial charge is 0.353 e. The Morgan fingerprint density at radius 3 is 2.12 bits per heavy atom. The van der Waals surface area contributed by atoms with Gasteiger partial charge in [-0.2, -0.15) is 5.01 Å². The molecule has 1 aromatic heterocycles. The van der Waals surface area contributed by atoms with E-state index in [2.05, 4.69) is 0 Å². The molecular weight excluding hydrogens is 599 g/mol. The van der Waals surface area contributed by atoms with Crippen molar-refractivity contribution in [3.63, 3.8) is 0 Å². The lowest BCUT2D eigenvalue weighted by molar-refractivity contribution is -0.154. The molecule has 8 rings (SSSR count). The number of esters is 1. The summed E-state index contributed by atoms with van der Waals surface area (Å²) >= 11 is 13.5. The zero-order chi connectivity index (χ0) is 29.3. The number of rotatable bonds is 7. The molecule has 11 heteroatoms. The predicted octanol–water partition coefficient (Wildman–Crippen LogP) is 5.57. The topological polar surface area (TPSA) is 101 Å². The van der Waals surface area contributed by atoms with Crippen molar-refractivity contribution in [3.8, 4) is 5.75 Å². The van der Waals surface area contributed by atoms with Gasteiger partial charge in [0.05, 0.1) is 21.9 Å². The van der Waals surface area contributed by atoms with Gasteiger partial charge in [-0.3, -0.25) is 19.2 Å². The number of Topliss-reactive ketones (excluding diaryl/α,β-unsaturated/α-hetero) is 1. The van der Waals surface area contributed by atoms with E-state index in [0.717, 1.165) is 16.4 Å². The average molecular weight is 621 g/mol. The highest BCUT2D eigenvalue weighted by atomic mass is 35.5. The fourth-order valence-corrected chi connectivity index (χ4v) is 7.58. The third kappa shape index (κ3) is 4.38. The van der Waals surface area contributed by atoms with Gasteiger partial charge in [-0.1, -0.05) is 41.4 Å². The number of hydrogen-bond acceptors (Lipinski definition) is 7. The molecule has 1 saturated heterocycles. The number of hydrogen-bond donors (Lipinski definition) is 0. The number of ether oxygens (including phenoxy) is 1. The second-order valence-corrected chi connectivity index (χ2v) is 12.7. The van der Waals surface area contributed by atoms with Crippen molar-refractivity contribution in [2.45, 2.75) is 6.42 Å². The maximum absolute atomic E-state index is 13.9. The Kier molecular flexibility index (Phi) is 6.56. The third-order valence-electron chi connectivity index (χ3n) is 8.68. The molecule has 8 nitrogen and oxygen atoms in total. The first-order valence-corrected chi connectivity index (χ1v) is 15.1. The van der Waals surface area contributed by atoms with Crippen LogP contribution in [0.3, 0.4) is 0 Å². The van der Waals surface area contributed by atoms with Crippen molar-refractivity contribution in [2.75, 3.05) is 6.54 Å². The number of benzene rings is 2. The van der Waals surface area contributed by atoms with E-state index in [-0.39, 0.29) is 38.8 Å². The van der Waals surface area contributed by atoms with E-state index in [0.29, 0.717) is 16.7 Å². The molecule has 5 aliphatic rings. The first kappa shape index (κ1) is 27.1. The van der Waals surface area contributed by atoms with Gasteiger partial charge in [-0.15, -0.1) is 11.3 Å². The second-order valence-electron chi connectivity index (χ2n) is 10.9. The maximum atomic E-state index is 13.9. The molecule has 1 aliphatic heterocycles. The molecule has 3 fully saturated rings. The van der Waals surface area contributed by atoms with Gasteiger partial charge in [0.25, 0.3) is 17.7 Å². The predicted molar refractivity (Wildman–Crippen MR) is 154 cm³/mol. The summed E-state index contributed by atoms with van der Waals surface area (Å²) < 4.78 is 5.36. The van der Waals surface area contributed by atoms with E-state index in [1.54, 1.807) is 17.5 Å². The van der Waals surface area contributed by atoms with Crippen LogP contribution in [0.5, 0.6) is 5.75 Å². The number of carbonyl (C=O) groups excluding carboxylic acids is 5. The summed E-state index contributed by atoms with van der Waals surface area (Å²) in [5.41, 5.74) is 0.282. The van der Waals surface area contributed by atoms with Gasteiger partial charge < -0.3 is 4.74 Å². The lowest BCUT2D eigenvalue weighted by Crippen LogP contribution is -2.52. The molecule has 212 valence electrons. The average Bonchev–Trinajstić information content (AvgIpc) is 3.56. The fraction of sp³-hybridized carbons (Fsp3) is 0.258. The molecule has 42 heavy (non-hydrogen) atoms. The number of halogens is 2. The van der Waals surface area contributed by atoms with Crippen LogP contribution in [0.2, 0.25) is 10.0 Å². The number of allylic oxidation sites excluding steroid dienone is 2. The van der Waals surface area contributed by atoms with Crippen LogP contribution >= 0.6 is 34.5 Å². The number of thiophene rings is 1. The van der Waals surface area contributed by atoms with E-state index in [9.17, 15) is 24.0 Å². The molecule has 0 unspecified atom stereocenters. The van der Waals surface area contributed by atoms with Gasteiger partial charge in [0, 0.05) is 11.1 Å². The van der Waals surface area contributed by atoms with Crippen LogP contribution in [0.4, 0.5) is 0 Å². The van der Waals surface area contributed by atoms with Gasteiger partial charge in [-0.05, 0) is 84.0 Å². The SMILES string of the molecule is O=C(CN(C(=O)c1ccc(Cl)c(Cl)c1)N1C(=O)[C@@H]2[C@H]3C=C[C@@H]([C@@H]4C[C@@H]34)[C@@H]2C1=O)c1ccc(OC(=O)c2cccs2)cc1. The third-order valence-corrected chi connectivity index (χ3v) is 10.3. The van der Waals surface area contributed by atoms with E-state index in [4.69, 9.17) is 27.9 Å². The zero-order valence-electron chi connectivity index (χ0n) is 21.8. The Morgan fingerprint density at radius 1 is 0.881 bits per heavy atom. The Labute approximate surface area is 254 Å². The highest BCUT2D eigenvalue weighted by Gasteiger charge is 2.68. The minimum atomic E-state index is -0.728.